The number of likely N-dealkylation sites (tertiary alicyclic amines) is 1. The molecule has 13 heteroatoms. The van der Waals surface area contributed by atoms with E-state index in [4.69, 9.17) is 4.74 Å². The normalized spacial score (nSPS) is 21.4. The minimum absolute atomic E-state index is 0.0163. The summed E-state index contributed by atoms with van der Waals surface area (Å²) in [6.45, 7) is 2.60. The number of halogens is 2. The molecule has 0 saturated carbocycles. The summed E-state index contributed by atoms with van der Waals surface area (Å²) in [4.78, 5) is 41.2. The third kappa shape index (κ3) is 6.52. The van der Waals surface area contributed by atoms with Crippen LogP contribution in [0.25, 0.3) is 27.9 Å². The number of hydrogen-bond acceptors (Lipinski definition) is 8. The van der Waals surface area contributed by atoms with Gasteiger partial charge in [0.2, 0.25) is 5.91 Å². The molecule has 2 aromatic carbocycles. The number of nitrogens with one attached hydrogen (secondary N) is 2. The van der Waals surface area contributed by atoms with Crippen molar-refractivity contribution in [2.24, 2.45) is 0 Å². The van der Waals surface area contributed by atoms with Crippen molar-refractivity contribution in [3.05, 3.63) is 72.6 Å². The van der Waals surface area contributed by atoms with Gasteiger partial charge in [0.15, 0.2) is 17.2 Å². The first-order valence-electron chi connectivity index (χ1n) is 16.3. The largest absolute Gasteiger partial charge is 0.367 e. The maximum absolute atomic E-state index is 13.7. The van der Waals surface area contributed by atoms with Gasteiger partial charge in [-0.25, -0.2) is 18.7 Å². The summed E-state index contributed by atoms with van der Waals surface area (Å²) in [5.41, 5.74) is 3.48. The van der Waals surface area contributed by atoms with Crippen LogP contribution in [-0.4, -0.2) is 106 Å². The Hall–Kier alpha value is -4.75. The van der Waals surface area contributed by atoms with Crippen molar-refractivity contribution in [1.82, 2.24) is 30.0 Å². The number of carbonyl (C=O) groups is 2. The predicted octanol–water partition coefficient (Wildman–Crippen LogP) is 4.60. The zero-order valence-corrected chi connectivity index (χ0v) is 26.8. The molecule has 2 aromatic heterocycles. The van der Waals surface area contributed by atoms with Crippen molar-refractivity contribution in [2.75, 3.05) is 63.1 Å². The van der Waals surface area contributed by atoms with Gasteiger partial charge in [-0.2, -0.15) is 5.10 Å². The quantitative estimate of drug-likeness (QED) is 0.283. The highest BCUT2D eigenvalue weighted by molar-refractivity contribution is 6.01. The molecule has 0 aliphatic carbocycles. The molecule has 0 spiro atoms. The number of hydrogen-bond donors (Lipinski definition) is 2. The van der Waals surface area contributed by atoms with E-state index in [-0.39, 0.29) is 50.8 Å². The second kappa shape index (κ2) is 13.0. The number of rotatable bonds is 8. The second-order valence-electron chi connectivity index (χ2n) is 12.7. The van der Waals surface area contributed by atoms with Crippen molar-refractivity contribution in [1.29, 1.82) is 0 Å². The molecule has 7 rings (SSSR count). The zero-order chi connectivity index (χ0) is 33.3. The first kappa shape index (κ1) is 31.8. The number of methoxy groups -OCH3 is 1. The monoisotopic (exact) mass is 656 g/mol. The molecule has 2 N–H and O–H groups in total. The lowest BCUT2D eigenvalue weighted by Crippen LogP contribution is -2.48. The predicted molar refractivity (Wildman–Crippen MR) is 179 cm³/mol. The molecule has 2 saturated heterocycles. The zero-order valence-electron chi connectivity index (χ0n) is 26.8. The van der Waals surface area contributed by atoms with Crippen LogP contribution in [-0.2, 0) is 14.3 Å². The molecule has 2 amide bonds. The van der Waals surface area contributed by atoms with Gasteiger partial charge in [0.25, 0.3) is 11.8 Å². The Balaban J connectivity index is 0.945. The fourth-order valence-corrected chi connectivity index (χ4v) is 6.78. The lowest BCUT2D eigenvalue weighted by Gasteiger charge is -2.32. The van der Waals surface area contributed by atoms with Crippen molar-refractivity contribution in [3.8, 4) is 11.4 Å². The van der Waals surface area contributed by atoms with Crippen LogP contribution >= 0.6 is 0 Å². The highest BCUT2D eigenvalue weighted by Crippen LogP contribution is 2.34. The Kier molecular flexibility index (Phi) is 8.65. The van der Waals surface area contributed by atoms with E-state index in [0.717, 1.165) is 28.5 Å². The second-order valence-corrected chi connectivity index (χ2v) is 12.7. The van der Waals surface area contributed by atoms with Gasteiger partial charge in [0.1, 0.15) is 0 Å². The Bertz CT molecular complexity index is 1820. The average molecular weight is 657 g/mol. The fraction of sp³-hybridized carbons (Fsp3) is 0.400. The third-order valence-electron chi connectivity index (χ3n) is 9.71. The molecular formula is C35H38F2N8O3. The van der Waals surface area contributed by atoms with E-state index in [1.807, 2.05) is 39.0 Å². The Morgan fingerprint density at radius 1 is 0.979 bits per heavy atom. The lowest BCUT2D eigenvalue weighted by molar-refractivity contribution is -0.138. The minimum atomic E-state index is -2.66. The Labute approximate surface area is 277 Å². The number of benzene rings is 2. The van der Waals surface area contributed by atoms with Crippen molar-refractivity contribution >= 4 is 39.8 Å². The molecule has 11 nitrogen and oxygen atoms in total. The topological polar surface area (TPSA) is 120 Å². The van der Waals surface area contributed by atoms with E-state index in [1.54, 1.807) is 24.5 Å². The van der Waals surface area contributed by atoms with Crippen LogP contribution in [0.2, 0.25) is 0 Å². The number of aromatic amines is 1. The fourth-order valence-electron chi connectivity index (χ4n) is 6.78. The first-order valence-corrected chi connectivity index (χ1v) is 16.3. The van der Waals surface area contributed by atoms with E-state index in [1.165, 1.54) is 12.7 Å². The van der Waals surface area contributed by atoms with Crippen LogP contribution in [0.15, 0.2) is 67.0 Å². The number of fused-ring (bicyclic) bond motifs is 1. The third-order valence-corrected chi connectivity index (χ3v) is 9.71. The van der Waals surface area contributed by atoms with Gasteiger partial charge in [0, 0.05) is 88.3 Å². The number of ether oxygens (including phenoxy) is 1. The van der Waals surface area contributed by atoms with Crippen LogP contribution in [0.4, 0.5) is 20.3 Å². The molecule has 4 aromatic rings. The molecule has 5 heterocycles. The number of amides is 2. The van der Waals surface area contributed by atoms with Gasteiger partial charge < -0.3 is 19.9 Å². The summed E-state index contributed by atoms with van der Waals surface area (Å²) in [6.07, 6.45) is 6.32. The van der Waals surface area contributed by atoms with Gasteiger partial charge in [-0.1, -0.05) is 30.3 Å². The van der Waals surface area contributed by atoms with Gasteiger partial charge in [-0.05, 0) is 48.2 Å². The number of H-pyrrole nitrogens is 1. The molecule has 48 heavy (non-hydrogen) atoms. The molecule has 0 radical (unpaired) electrons. The van der Waals surface area contributed by atoms with Gasteiger partial charge in [0.05, 0.1) is 12.1 Å². The first-order chi connectivity index (χ1) is 23.2. The highest BCUT2D eigenvalue weighted by atomic mass is 19.3. The molecule has 1 atom stereocenters. The maximum atomic E-state index is 13.7. The summed E-state index contributed by atoms with van der Waals surface area (Å²) >= 11 is 0. The lowest BCUT2D eigenvalue weighted by atomic mass is 9.98. The van der Waals surface area contributed by atoms with E-state index in [9.17, 15) is 18.4 Å². The summed E-state index contributed by atoms with van der Waals surface area (Å²) in [6, 6.07) is 15.4. The highest BCUT2D eigenvalue weighted by Gasteiger charge is 2.45. The van der Waals surface area contributed by atoms with Crippen LogP contribution in [0, 0.1) is 0 Å². The Morgan fingerprint density at radius 2 is 1.73 bits per heavy atom. The number of anilines is 2. The molecule has 250 valence electrons. The number of alkyl halides is 2. The Morgan fingerprint density at radius 3 is 2.44 bits per heavy atom. The number of carbonyl (C=O) groups excluding carboxylic acids is 2. The van der Waals surface area contributed by atoms with Gasteiger partial charge in [-0.3, -0.25) is 19.6 Å². The molecule has 3 aliphatic rings. The molecule has 3 aliphatic heterocycles. The summed E-state index contributed by atoms with van der Waals surface area (Å²) in [5.74, 6) is -1.65. The van der Waals surface area contributed by atoms with Crippen LogP contribution in [0.3, 0.4) is 0 Å². The average Bonchev–Trinajstić information content (AvgIpc) is 3.74. The molecule has 0 bridgehead atoms. The van der Waals surface area contributed by atoms with Gasteiger partial charge >= 0.3 is 0 Å². The number of piperidine rings is 1. The van der Waals surface area contributed by atoms with Crippen LogP contribution < -0.4 is 10.2 Å². The maximum Gasteiger partial charge on any atom is 0.258 e. The van der Waals surface area contributed by atoms with Crippen molar-refractivity contribution in [3.63, 3.8) is 0 Å². The van der Waals surface area contributed by atoms with E-state index < -0.39 is 11.5 Å². The number of nitrogens with zero attached hydrogens (tertiary/aromatic N) is 6. The molecule has 0 unspecified atom stereocenters. The van der Waals surface area contributed by atoms with Gasteiger partial charge in [-0.15, -0.1) is 0 Å². The van der Waals surface area contributed by atoms with Crippen molar-refractivity contribution in [2.45, 2.75) is 37.2 Å². The number of aromatic nitrogens is 4. The SMILES string of the molecule is CO[C@@]1(C(=O)Nc2ccc3[nH]nc(N4CCC(F)(F)CC4)c3c2)CCN(CC(=O)N2CC=C(c3ccc(-c4ncccn4)cc3)CC2)C1. The van der Waals surface area contributed by atoms with Crippen LogP contribution in [0.1, 0.15) is 31.2 Å². The summed E-state index contributed by atoms with van der Waals surface area (Å²) in [7, 11) is 1.52. The minimum Gasteiger partial charge on any atom is -0.367 e. The van der Waals surface area contributed by atoms with E-state index in [0.29, 0.717) is 43.4 Å². The van der Waals surface area contributed by atoms with Crippen molar-refractivity contribution < 1.29 is 23.1 Å². The van der Waals surface area contributed by atoms with E-state index in [2.05, 4.69) is 43.7 Å². The standard InChI is InChI=1S/C35H38F2N8O3/c1-48-34(33(47)40-27-7-8-29-28(21-27)32(42-41-29)45-19-12-35(36,37)13-20-45)11-18-43(23-34)22-30(46)44-16-9-25(10-17-44)24-3-5-26(6-4-24)31-38-14-2-15-39-31/h2-9,14-15,21H,10-13,16-20,22-23H2,1H3,(H,40,47)(H,41,42)/t34-/m0/s1. The summed E-state index contributed by atoms with van der Waals surface area (Å²) < 4.78 is 33.3. The van der Waals surface area contributed by atoms with E-state index >= 15 is 0 Å². The smallest absolute Gasteiger partial charge is 0.258 e. The van der Waals surface area contributed by atoms with Crippen LogP contribution in [0.5, 0.6) is 0 Å². The molecular weight excluding hydrogens is 618 g/mol. The molecule has 2 fully saturated rings. The summed E-state index contributed by atoms with van der Waals surface area (Å²) in [5, 5.41) is 11.1.